The molecule has 0 aromatic carbocycles. The van der Waals surface area contributed by atoms with Crippen LogP contribution in [-0.4, -0.2) is 12.2 Å². The molecule has 4 atom stereocenters. The van der Waals surface area contributed by atoms with Crippen LogP contribution < -0.4 is 0 Å². The van der Waals surface area contributed by atoms with E-state index in [2.05, 4.69) is 27.7 Å². The quantitative estimate of drug-likeness (QED) is 0.605. The summed E-state index contributed by atoms with van der Waals surface area (Å²) in [6.45, 7) is 11.0. The summed E-state index contributed by atoms with van der Waals surface area (Å²) in [5.41, 5.74) is 1.31. The summed E-state index contributed by atoms with van der Waals surface area (Å²) < 4.78 is 6.13. The molecule has 1 saturated heterocycles. The fraction of sp³-hybridized carbons (Fsp3) is 1.00. The van der Waals surface area contributed by atoms with Crippen LogP contribution in [0.5, 0.6) is 0 Å². The second-order valence-electron chi connectivity index (χ2n) is 7.94. The highest BCUT2D eigenvalue weighted by molar-refractivity contribution is 5.09. The Morgan fingerprint density at radius 1 is 0.882 bits per heavy atom. The van der Waals surface area contributed by atoms with Crippen molar-refractivity contribution in [2.45, 2.75) is 71.8 Å². The minimum absolute atomic E-state index is 0.207. The van der Waals surface area contributed by atoms with E-state index < -0.39 is 0 Å². The first-order valence-electron chi connectivity index (χ1n) is 7.52. The van der Waals surface area contributed by atoms with E-state index in [1.807, 2.05) is 0 Å². The summed E-state index contributed by atoms with van der Waals surface area (Å²) in [6.07, 6.45) is 8.27. The summed E-state index contributed by atoms with van der Waals surface area (Å²) in [7, 11) is 0. The molecule has 0 amide bonds. The molecule has 0 aromatic heterocycles. The maximum absolute atomic E-state index is 6.13. The molecule has 1 heteroatoms. The minimum Gasteiger partial charge on any atom is -0.375 e. The topological polar surface area (TPSA) is 9.23 Å². The van der Waals surface area contributed by atoms with E-state index in [4.69, 9.17) is 4.74 Å². The molecule has 1 heterocycles. The first kappa shape index (κ1) is 12.0. The van der Waals surface area contributed by atoms with Gasteiger partial charge >= 0.3 is 0 Å². The molecule has 0 radical (unpaired) electrons. The minimum atomic E-state index is 0.207. The van der Waals surface area contributed by atoms with E-state index >= 15 is 0 Å². The van der Waals surface area contributed by atoms with Crippen molar-refractivity contribution in [1.29, 1.82) is 0 Å². The van der Waals surface area contributed by atoms with Gasteiger partial charge < -0.3 is 4.74 Å². The van der Waals surface area contributed by atoms with Gasteiger partial charge in [0.15, 0.2) is 0 Å². The van der Waals surface area contributed by atoms with Crippen LogP contribution in [0.3, 0.4) is 0 Å². The van der Waals surface area contributed by atoms with Gasteiger partial charge in [-0.05, 0) is 61.7 Å². The number of ether oxygens (including phenoxy) is 1. The molecule has 3 fully saturated rings. The third-order valence-electron chi connectivity index (χ3n) is 6.58. The van der Waals surface area contributed by atoms with Crippen LogP contribution >= 0.6 is 0 Å². The van der Waals surface area contributed by atoms with Crippen LogP contribution in [0, 0.1) is 22.7 Å². The first-order valence-corrected chi connectivity index (χ1v) is 7.52. The summed E-state index contributed by atoms with van der Waals surface area (Å²) >= 11 is 0. The lowest BCUT2D eigenvalue weighted by molar-refractivity contribution is -0.147. The normalized spacial score (nSPS) is 52.9. The van der Waals surface area contributed by atoms with E-state index in [0.29, 0.717) is 10.8 Å². The van der Waals surface area contributed by atoms with Gasteiger partial charge in [-0.25, -0.2) is 0 Å². The third-order valence-corrected chi connectivity index (χ3v) is 6.58. The molecule has 1 unspecified atom stereocenters. The molecule has 2 aliphatic carbocycles. The van der Waals surface area contributed by atoms with Crippen LogP contribution in [0.1, 0.15) is 66.2 Å². The molecule has 1 nitrogen and oxygen atoms in total. The fourth-order valence-corrected chi connectivity index (χ4v) is 5.82. The monoisotopic (exact) mass is 236 g/mol. The molecule has 0 bridgehead atoms. The van der Waals surface area contributed by atoms with Crippen LogP contribution in [0.15, 0.2) is 0 Å². The Morgan fingerprint density at radius 3 is 2.41 bits per heavy atom. The highest BCUT2D eigenvalue weighted by Crippen LogP contribution is 2.64. The third kappa shape index (κ3) is 1.54. The van der Waals surface area contributed by atoms with Gasteiger partial charge in [-0.15, -0.1) is 0 Å². The zero-order valence-electron chi connectivity index (χ0n) is 12.0. The standard InChI is InChI=1S/C16H28O/c1-14(2)8-5-9-15(3)12(14)6-10-16(4)13(15)7-11-17-16/h12-13H,5-11H2,1-4H3/t12?,13-,15-,16-/m0/s1. The van der Waals surface area contributed by atoms with E-state index in [1.54, 1.807) is 0 Å². The average Bonchev–Trinajstić information content (AvgIpc) is 2.60. The molecule has 3 aliphatic rings. The predicted molar refractivity (Wildman–Crippen MR) is 70.9 cm³/mol. The molecular formula is C16H28O. The second kappa shape index (κ2) is 3.50. The van der Waals surface area contributed by atoms with Crippen LogP contribution in [0.4, 0.5) is 0 Å². The lowest BCUT2D eigenvalue weighted by atomic mass is 9.46. The van der Waals surface area contributed by atoms with Crippen molar-refractivity contribution in [3.8, 4) is 0 Å². The molecular weight excluding hydrogens is 208 g/mol. The Labute approximate surface area is 106 Å². The number of hydrogen-bond donors (Lipinski definition) is 0. The van der Waals surface area contributed by atoms with E-state index in [0.717, 1.165) is 18.4 Å². The van der Waals surface area contributed by atoms with Crippen molar-refractivity contribution in [3.05, 3.63) is 0 Å². The number of fused-ring (bicyclic) bond motifs is 3. The smallest absolute Gasteiger partial charge is 0.0688 e. The highest BCUT2D eigenvalue weighted by atomic mass is 16.5. The SMILES string of the molecule is CC1(C)CCC[C@@]2(C)C1CC[C@]1(C)OCC[C@@H]21. The summed E-state index contributed by atoms with van der Waals surface area (Å²) in [4.78, 5) is 0. The molecule has 0 aromatic rings. The number of rotatable bonds is 0. The van der Waals surface area contributed by atoms with E-state index in [1.165, 1.54) is 38.5 Å². The van der Waals surface area contributed by atoms with Crippen molar-refractivity contribution in [2.75, 3.05) is 6.61 Å². The van der Waals surface area contributed by atoms with Crippen LogP contribution in [0.25, 0.3) is 0 Å². The summed E-state index contributed by atoms with van der Waals surface area (Å²) in [5.74, 6) is 1.73. The van der Waals surface area contributed by atoms with E-state index in [-0.39, 0.29) is 5.60 Å². The highest BCUT2D eigenvalue weighted by Gasteiger charge is 2.60. The predicted octanol–water partition coefficient (Wildman–Crippen LogP) is 4.41. The van der Waals surface area contributed by atoms with Crippen molar-refractivity contribution in [1.82, 2.24) is 0 Å². The molecule has 0 spiro atoms. The Morgan fingerprint density at radius 2 is 1.65 bits per heavy atom. The molecule has 98 valence electrons. The molecule has 17 heavy (non-hydrogen) atoms. The molecule has 2 saturated carbocycles. The van der Waals surface area contributed by atoms with Gasteiger partial charge in [0, 0.05) is 6.61 Å². The molecule has 1 aliphatic heterocycles. The van der Waals surface area contributed by atoms with Crippen molar-refractivity contribution >= 4 is 0 Å². The Kier molecular flexibility index (Phi) is 2.47. The number of hydrogen-bond acceptors (Lipinski definition) is 1. The largest absolute Gasteiger partial charge is 0.375 e. The zero-order valence-corrected chi connectivity index (χ0v) is 12.0. The van der Waals surface area contributed by atoms with Crippen LogP contribution in [-0.2, 0) is 4.74 Å². The summed E-state index contributed by atoms with van der Waals surface area (Å²) in [5, 5.41) is 0. The van der Waals surface area contributed by atoms with Gasteiger partial charge in [0.2, 0.25) is 0 Å². The van der Waals surface area contributed by atoms with Gasteiger partial charge in [-0.2, -0.15) is 0 Å². The average molecular weight is 236 g/mol. The van der Waals surface area contributed by atoms with Gasteiger partial charge in [0.25, 0.3) is 0 Å². The zero-order chi connectivity index (χ0) is 12.3. The summed E-state index contributed by atoms with van der Waals surface area (Å²) in [6, 6.07) is 0. The van der Waals surface area contributed by atoms with Crippen LogP contribution in [0.2, 0.25) is 0 Å². The second-order valence-corrected chi connectivity index (χ2v) is 7.94. The lowest BCUT2D eigenvalue weighted by Gasteiger charge is -2.60. The van der Waals surface area contributed by atoms with Crippen molar-refractivity contribution < 1.29 is 4.74 Å². The van der Waals surface area contributed by atoms with Gasteiger partial charge in [-0.1, -0.05) is 27.2 Å². The van der Waals surface area contributed by atoms with Crippen molar-refractivity contribution in [3.63, 3.8) is 0 Å². The van der Waals surface area contributed by atoms with Crippen molar-refractivity contribution in [2.24, 2.45) is 22.7 Å². The molecule has 0 N–H and O–H groups in total. The van der Waals surface area contributed by atoms with Gasteiger partial charge in [0.1, 0.15) is 0 Å². The Balaban J connectivity index is 1.98. The maximum atomic E-state index is 6.13. The van der Waals surface area contributed by atoms with Gasteiger partial charge in [-0.3, -0.25) is 0 Å². The Hall–Kier alpha value is -0.0400. The first-order chi connectivity index (χ1) is 7.89. The fourth-order valence-electron chi connectivity index (χ4n) is 5.82. The Bertz CT molecular complexity index is 317. The lowest BCUT2D eigenvalue weighted by Crippen LogP contribution is -2.55. The van der Waals surface area contributed by atoms with Gasteiger partial charge in [0.05, 0.1) is 5.60 Å². The maximum Gasteiger partial charge on any atom is 0.0688 e. The van der Waals surface area contributed by atoms with E-state index in [9.17, 15) is 0 Å². The molecule has 3 rings (SSSR count).